The van der Waals surface area contributed by atoms with Crippen LogP contribution < -0.4 is 10.6 Å². The lowest BCUT2D eigenvalue weighted by molar-refractivity contribution is 0.630. The summed E-state index contributed by atoms with van der Waals surface area (Å²) in [5.41, 5.74) is 2.57. The van der Waals surface area contributed by atoms with E-state index in [4.69, 9.17) is 0 Å². The lowest BCUT2D eigenvalue weighted by Crippen LogP contribution is -2.27. The molecule has 1 aliphatic carbocycles. The summed E-state index contributed by atoms with van der Waals surface area (Å²) in [5.74, 6) is 1.60. The number of hydrogen-bond acceptors (Lipinski definition) is 4. The van der Waals surface area contributed by atoms with Gasteiger partial charge in [0.25, 0.3) is 0 Å². The van der Waals surface area contributed by atoms with Gasteiger partial charge in [0.1, 0.15) is 5.82 Å². The minimum atomic E-state index is 0.00493. The van der Waals surface area contributed by atoms with Gasteiger partial charge in [-0.25, -0.2) is 4.98 Å². The molecule has 1 aromatic heterocycles. The molecule has 0 amide bonds. The van der Waals surface area contributed by atoms with Gasteiger partial charge in [0.15, 0.2) is 0 Å². The Bertz CT molecular complexity index is 500. The maximum Gasteiger partial charge on any atom is 0.224 e. The van der Waals surface area contributed by atoms with Crippen LogP contribution in [0.5, 0.6) is 0 Å². The van der Waals surface area contributed by atoms with Crippen molar-refractivity contribution in [3.63, 3.8) is 0 Å². The van der Waals surface area contributed by atoms with Gasteiger partial charge in [-0.15, -0.1) is 0 Å². The van der Waals surface area contributed by atoms with Gasteiger partial charge in [-0.3, -0.25) is 0 Å². The van der Waals surface area contributed by atoms with Crippen LogP contribution in [-0.2, 0) is 0 Å². The molecule has 0 unspecified atom stereocenters. The highest BCUT2D eigenvalue weighted by atomic mass is 15.2. The fourth-order valence-corrected chi connectivity index (χ4v) is 2.56. The van der Waals surface area contributed by atoms with Gasteiger partial charge in [0.05, 0.1) is 0 Å². The molecule has 2 rings (SSSR count). The Morgan fingerprint density at radius 3 is 2.67 bits per heavy atom. The summed E-state index contributed by atoms with van der Waals surface area (Å²) in [6, 6.07) is 1.99. The first-order valence-electron chi connectivity index (χ1n) is 7.98. The van der Waals surface area contributed by atoms with E-state index in [9.17, 15) is 0 Å². The van der Waals surface area contributed by atoms with Crippen molar-refractivity contribution in [1.29, 1.82) is 0 Å². The second-order valence-electron chi connectivity index (χ2n) is 6.88. The quantitative estimate of drug-likeness (QED) is 0.793. The third kappa shape index (κ3) is 5.74. The van der Waals surface area contributed by atoms with Crippen molar-refractivity contribution in [3.8, 4) is 0 Å². The Morgan fingerprint density at radius 2 is 2.00 bits per heavy atom. The maximum absolute atomic E-state index is 4.55. The van der Waals surface area contributed by atoms with Gasteiger partial charge in [0.2, 0.25) is 5.95 Å². The van der Waals surface area contributed by atoms with E-state index in [1.54, 1.807) is 5.57 Å². The van der Waals surface area contributed by atoms with Crippen LogP contribution in [0, 0.1) is 6.92 Å². The van der Waals surface area contributed by atoms with Gasteiger partial charge in [0, 0.05) is 23.8 Å². The number of rotatable bonds is 5. The number of allylic oxidation sites excluding steroid dienone is 1. The van der Waals surface area contributed by atoms with E-state index in [0.717, 1.165) is 30.4 Å². The molecule has 0 aromatic carbocycles. The third-order valence-electron chi connectivity index (χ3n) is 3.47. The lowest BCUT2D eigenvalue weighted by Gasteiger charge is -2.21. The van der Waals surface area contributed by atoms with Crippen molar-refractivity contribution in [2.24, 2.45) is 0 Å². The zero-order chi connectivity index (χ0) is 15.3. The van der Waals surface area contributed by atoms with Crippen LogP contribution in [0.25, 0.3) is 0 Å². The Hall–Kier alpha value is -1.58. The van der Waals surface area contributed by atoms with Crippen LogP contribution in [-0.4, -0.2) is 22.1 Å². The molecule has 0 spiro atoms. The summed E-state index contributed by atoms with van der Waals surface area (Å²) in [6.45, 7) is 9.31. The topological polar surface area (TPSA) is 49.8 Å². The van der Waals surface area contributed by atoms with Gasteiger partial charge < -0.3 is 10.6 Å². The van der Waals surface area contributed by atoms with Gasteiger partial charge in [-0.1, -0.05) is 11.6 Å². The van der Waals surface area contributed by atoms with E-state index >= 15 is 0 Å². The van der Waals surface area contributed by atoms with E-state index in [1.165, 1.54) is 25.7 Å². The molecule has 2 N–H and O–H groups in total. The third-order valence-corrected chi connectivity index (χ3v) is 3.47. The molecule has 0 fully saturated rings. The molecule has 1 heterocycles. The van der Waals surface area contributed by atoms with Crippen LogP contribution in [0.15, 0.2) is 17.7 Å². The summed E-state index contributed by atoms with van der Waals surface area (Å²) >= 11 is 0. The second kappa shape index (κ2) is 6.92. The second-order valence-corrected chi connectivity index (χ2v) is 6.88. The van der Waals surface area contributed by atoms with Crippen molar-refractivity contribution < 1.29 is 0 Å². The Kier molecular flexibility index (Phi) is 5.21. The zero-order valence-electron chi connectivity index (χ0n) is 13.8. The van der Waals surface area contributed by atoms with E-state index < -0.39 is 0 Å². The molecule has 1 aliphatic rings. The van der Waals surface area contributed by atoms with E-state index in [2.05, 4.69) is 47.4 Å². The fourth-order valence-electron chi connectivity index (χ4n) is 2.56. The molecule has 116 valence electrons. The smallest absolute Gasteiger partial charge is 0.224 e. The molecule has 0 radical (unpaired) electrons. The molecule has 0 saturated heterocycles. The van der Waals surface area contributed by atoms with Gasteiger partial charge in [-0.2, -0.15) is 4.98 Å². The minimum absolute atomic E-state index is 0.00493. The Labute approximate surface area is 128 Å². The molecule has 4 heteroatoms. The molecule has 0 bridgehead atoms. The van der Waals surface area contributed by atoms with E-state index in [1.807, 2.05) is 13.0 Å². The maximum atomic E-state index is 4.55. The number of nitrogens with one attached hydrogen (secondary N) is 2. The van der Waals surface area contributed by atoms with E-state index in [-0.39, 0.29) is 5.54 Å². The summed E-state index contributed by atoms with van der Waals surface area (Å²) in [5, 5.41) is 6.76. The number of anilines is 2. The summed E-state index contributed by atoms with van der Waals surface area (Å²) < 4.78 is 0. The van der Waals surface area contributed by atoms with Crippen molar-refractivity contribution in [2.45, 2.75) is 65.3 Å². The zero-order valence-corrected chi connectivity index (χ0v) is 13.8. The summed E-state index contributed by atoms with van der Waals surface area (Å²) in [4.78, 5) is 9.01. The highest BCUT2D eigenvalue weighted by molar-refractivity contribution is 5.43. The minimum Gasteiger partial charge on any atom is -0.365 e. The largest absolute Gasteiger partial charge is 0.365 e. The van der Waals surface area contributed by atoms with Crippen LogP contribution in [0.4, 0.5) is 11.8 Å². The SMILES string of the molecule is Cc1cc(NC(C)(C)C)nc(NCCC2=CCCCC2)n1. The summed E-state index contributed by atoms with van der Waals surface area (Å²) in [7, 11) is 0. The average molecular weight is 288 g/mol. The number of hydrogen-bond donors (Lipinski definition) is 2. The van der Waals surface area contributed by atoms with Crippen LogP contribution in [0.2, 0.25) is 0 Å². The molecule has 0 atom stereocenters. The normalized spacial score (nSPS) is 15.5. The summed E-state index contributed by atoms with van der Waals surface area (Å²) in [6.07, 6.45) is 8.68. The number of aryl methyl sites for hydroxylation is 1. The molecule has 21 heavy (non-hydrogen) atoms. The standard InChI is InChI=1S/C17H28N4/c1-13-12-15(21-17(2,3)4)20-16(19-13)18-11-10-14-8-6-5-7-9-14/h8,12H,5-7,9-11H2,1-4H3,(H2,18,19,20,21). The molecule has 0 aliphatic heterocycles. The first-order valence-corrected chi connectivity index (χ1v) is 7.98. The Morgan fingerprint density at radius 1 is 1.19 bits per heavy atom. The molecular formula is C17H28N4. The van der Waals surface area contributed by atoms with Gasteiger partial charge in [-0.05, 0) is 59.8 Å². The molecule has 0 saturated carbocycles. The predicted molar refractivity (Wildman–Crippen MR) is 89.8 cm³/mol. The lowest BCUT2D eigenvalue weighted by atomic mass is 9.97. The fraction of sp³-hybridized carbons (Fsp3) is 0.647. The van der Waals surface area contributed by atoms with Crippen molar-refractivity contribution in [2.75, 3.05) is 17.2 Å². The van der Waals surface area contributed by atoms with Crippen LogP contribution in [0.1, 0.15) is 58.6 Å². The first-order chi connectivity index (χ1) is 9.92. The molecule has 4 nitrogen and oxygen atoms in total. The van der Waals surface area contributed by atoms with E-state index in [0.29, 0.717) is 0 Å². The van der Waals surface area contributed by atoms with Crippen molar-refractivity contribution in [1.82, 2.24) is 9.97 Å². The molecular weight excluding hydrogens is 260 g/mol. The van der Waals surface area contributed by atoms with Crippen molar-refractivity contribution >= 4 is 11.8 Å². The number of aromatic nitrogens is 2. The van der Waals surface area contributed by atoms with Crippen molar-refractivity contribution in [3.05, 3.63) is 23.4 Å². The highest BCUT2D eigenvalue weighted by Gasteiger charge is 2.11. The first kappa shape index (κ1) is 15.8. The Balaban J connectivity index is 1.91. The van der Waals surface area contributed by atoms with Gasteiger partial charge >= 0.3 is 0 Å². The predicted octanol–water partition coefficient (Wildman–Crippen LogP) is 4.30. The monoisotopic (exact) mass is 288 g/mol. The van der Waals surface area contributed by atoms with Crippen LogP contribution in [0.3, 0.4) is 0 Å². The molecule has 1 aromatic rings. The highest BCUT2D eigenvalue weighted by Crippen LogP contribution is 2.20. The number of nitrogens with zero attached hydrogens (tertiary/aromatic N) is 2. The van der Waals surface area contributed by atoms with Crippen LogP contribution >= 0.6 is 0 Å². The average Bonchev–Trinajstić information content (AvgIpc) is 2.37.